The minimum atomic E-state index is -1.33. The van der Waals surface area contributed by atoms with E-state index in [1.807, 2.05) is 30.3 Å². The highest BCUT2D eigenvalue weighted by molar-refractivity contribution is 6.15. The minimum absolute atomic E-state index is 0.000852. The molecule has 2 unspecified atom stereocenters. The molecule has 5 rings (SSSR count). The molecule has 0 spiro atoms. The predicted octanol–water partition coefficient (Wildman–Crippen LogP) is 0.404. The van der Waals surface area contributed by atoms with E-state index in [2.05, 4.69) is 15.0 Å². The Bertz CT molecular complexity index is 1300. The summed E-state index contributed by atoms with van der Waals surface area (Å²) in [5.41, 5.74) is 6.87. The monoisotopic (exact) mass is 421 g/mol. The van der Waals surface area contributed by atoms with Crippen molar-refractivity contribution in [1.82, 2.24) is 19.5 Å². The largest absolute Gasteiger partial charge is 0.394 e. The number of ketones is 1. The van der Waals surface area contributed by atoms with Gasteiger partial charge in [-0.1, -0.05) is 42.5 Å². The first-order valence-electron chi connectivity index (χ1n) is 9.64. The quantitative estimate of drug-likeness (QED) is 0.343. The minimum Gasteiger partial charge on any atom is -0.394 e. The second kappa shape index (κ2) is 7.36. The van der Waals surface area contributed by atoms with Crippen molar-refractivity contribution in [2.24, 2.45) is 0 Å². The number of aromatic nitrogens is 4. The maximum absolute atomic E-state index is 13.3. The third kappa shape index (κ3) is 3.04. The fourth-order valence-corrected chi connectivity index (χ4v) is 3.88. The summed E-state index contributed by atoms with van der Waals surface area (Å²) in [7, 11) is 0. The lowest BCUT2D eigenvalue weighted by molar-refractivity contribution is -0.0511. The van der Waals surface area contributed by atoms with Gasteiger partial charge in [-0.2, -0.15) is 0 Å². The lowest BCUT2D eigenvalue weighted by Gasteiger charge is -2.16. The number of rotatable bonds is 4. The normalized spacial score (nSPS) is 23.6. The van der Waals surface area contributed by atoms with Crippen LogP contribution < -0.4 is 5.73 Å². The number of hydrogen-bond donors (Lipinski definition) is 4. The zero-order valence-corrected chi connectivity index (χ0v) is 16.2. The van der Waals surface area contributed by atoms with Crippen LogP contribution in [-0.2, 0) is 4.74 Å². The molecule has 0 radical (unpaired) electrons. The number of hydrogen-bond acceptors (Lipinski definition) is 9. The summed E-state index contributed by atoms with van der Waals surface area (Å²) in [6.07, 6.45) is -3.31. The molecule has 0 saturated carbocycles. The zero-order chi connectivity index (χ0) is 21.7. The van der Waals surface area contributed by atoms with Gasteiger partial charge in [0.05, 0.1) is 12.9 Å². The van der Waals surface area contributed by atoms with Gasteiger partial charge >= 0.3 is 0 Å². The molecule has 10 nitrogen and oxygen atoms in total. The van der Waals surface area contributed by atoms with Crippen LogP contribution in [0.25, 0.3) is 21.9 Å². The number of nitrogens with two attached hydrogens (primary N) is 1. The van der Waals surface area contributed by atoms with E-state index < -0.39 is 36.9 Å². The van der Waals surface area contributed by atoms with Crippen molar-refractivity contribution in [2.75, 3.05) is 12.3 Å². The van der Waals surface area contributed by atoms with Gasteiger partial charge in [-0.3, -0.25) is 9.36 Å². The molecule has 1 aliphatic heterocycles. The number of carbonyl (C=O) groups excluding carboxylic acids is 1. The number of carbonyl (C=O) groups is 1. The van der Waals surface area contributed by atoms with Gasteiger partial charge in [-0.25, -0.2) is 15.0 Å². The van der Waals surface area contributed by atoms with Crippen molar-refractivity contribution in [2.45, 2.75) is 24.5 Å². The third-order valence-electron chi connectivity index (χ3n) is 5.48. The van der Waals surface area contributed by atoms with Gasteiger partial charge in [-0.05, 0) is 10.8 Å². The first-order valence-corrected chi connectivity index (χ1v) is 9.64. The molecular formula is C21H19N5O5. The summed E-state index contributed by atoms with van der Waals surface area (Å²) in [6, 6.07) is 12.8. The van der Waals surface area contributed by atoms with Crippen LogP contribution in [0.2, 0.25) is 0 Å². The van der Waals surface area contributed by atoms with Gasteiger partial charge in [0.15, 0.2) is 17.7 Å². The van der Waals surface area contributed by atoms with E-state index in [1.54, 1.807) is 12.1 Å². The molecule has 158 valence electrons. The topological polar surface area (TPSA) is 157 Å². The Kier molecular flexibility index (Phi) is 4.63. The summed E-state index contributed by atoms with van der Waals surface area (Å²) < 4.78 is 6.93. The van der Waals surface area contributed by atoms with Crippen molar-refractivity contribution in [3.05, 3.63) is 60.2 Å². The van der Waals surface area contributed by atoms with Gasteiger partial charge in [0, 0.05) is 5.56 Å². The fourth-order valence-electron chi connectivity index (χ4n) is 3.88. The number of aliphatic hydroxyl groups is 3. The van der Waals surface area contributed by atoms with Gasteiger partial charge in [0.1, 0.15) is 23.8 Å². The Morgan fingerprint density at radius 1 is 1.10 bits per heavy atom. The summed E-state index contributed by atoms with van der Waals surface area (Å²) in [5.74, 6) is -0.548. The molecule has 0 amide bonds. The lowest BCUT2D eigenvalue weighted by atomic mass is 10.0. The molecule has 2 aromatic carbocycles. The van der Waals surface area contributed by atoms with Crippen molar-refractivity contribution in [3.8, 4) is 0 Å². The number of imidazole rings is 1. The van der Waals surface area contributed by atoms with Crippen LogP contribution in [0.15, 0.2) is 48.8 Å². The molecule has 1 saturated heterocycles. The molecule has 1 aliphatic rings. The summed E-state index contributed by atoms with van der Waals surface area (Å²) in [4.78, 5) is 25.9. The SMILES string of the molecule is Nc1nc(C(=O)c2cccc3ccccc23)nc2c1ncn2[C@@H]1O[C@H](CO)C(O)C1O. The van der Waals surface area contributed by atoms with Gasteiger partial charge < -0.3 is 25.8 Å². The van der Waals surface area contributed by atoms with E-state index in [4.69, 9.17) is 10.5 Å². The smallest absolute Gasteiger partial charge is 0.231 e. The molecule has 31 heavy (non-hydrogen) atoms. The molecule has 4 atom stereocenters. The average Bonchev–Trinajstić information content (AvgIpc) is 3.34. The van der Waals surface area contributed by atoms with Crippen molar-refractivity contribution in [1.29, 1.82) is 0 Å². The number of nitrogens with zero attached hydrogens (tertiary/aromatic N) is 4. The van der Waals surface area contributed by atoms with Crippen molar-refractivity contribution in [3.63, 3.8) is 0 Å². The maximum Gasteiger partial charge on any atom is 0.231 e. The fraction of sp³-hybridized carbons (Fsp3) is 0.238. The van der Waals surface area contributed by atoms with Crippen LogP contribution in [0, 0.1) is 0 Å². The van der Waals surface area contributed by atoms with E-state index in [-0.39, 0.29) is 22.8 Å². The highest BCUT2D eigenvalue weighted by atomic mass is 16.6. The zero-order valence-electron chi connectivity index (χ0n) is 16.2. The second-order valence-electron chi connectivity index (χ2n) is 7.34. The van der Waals surface area contributed by atoms with E-state index in [1.165, 1.54) is 10.9 Å². The molecule has 0 bridgehead atoms. The van der Waals surface area contributed by atoms with E-state index in [0.29, 0.717) is 5.56 Å². The average molecular weight is 421 g/mol. The number of benzene rings is 2. The molecular weight excluding hydrogens is 402 g/mol. The Labute approximate surface area is 175 Å². The van der Waals surface area contributed by atoms with Crippen molar-refractivity contribution < 1.29 is 24.9 Å². The molecule has 3 heterocycles. The molecule has 5 N–H and O–H groups in total. The second-order valence-corrected chi connectivity index (χ2v) is 7.34. The summed E-state index contributed by atoms with van der Waals surface area (Å²) in [6.45, 7) is -0.469. The number of fused-ring (bicyclic) bond motifs is 2. The van der Waals surface area contributed by atoms with Crippen molar-refractivity contribution >= 4 is 33.5 Å². The molecule has 0 aliphatic carbocycles. The Hall–Kier alpha value is -3.44. The van der Waals surface area contributed by atoms with Gasteiger partial charge in [-0.15, -0.1) is 0 Å². The molecule has 4 aromatic rings. The molecule has 10 heteroatoms. The Morgan fingerprint density at radius 3 is 2.65 bits per heavy atom. The van der Waals surface area contributed by atoms with Gasteiger partial charge in [0.25, 0.3) is 0 Å². The summed E-state index contributed by atoms with van der Waals surface area (Å²) >= 11 is 0. The number of anilines is 1. The standard InChI is InChI=1S/C21H19N5O5/c22-18-14-20(26(9-23-14)21-17(30)16(29)13(8-27)31-21)25-19(24-18)15(28)12-7-3-5-10-4-1-2-6-11(10)12/h1-7,9,13,16-17,21,27,29-30H,8H2,(H2,22,24,25)/t13-,16?,17?,21-/m1/s1. The third-order valence-corrected chi connectivity index (χ3v) is 5.48. The maximum atomic E-state index is 13.3. The van der Waals surface area contributed by atoms with Crippen LogP contribution in [0.4, 0.5) is 5.82 Å². The predicted molar refractivity (Wildman–Crippen MR) is 110 cm³/mol. The van der Waals surface area contributed by atoms with E-state index in [9.17, 15) is 20.1 Å². The molecule has 1 fully saturated rings. The van der Waals surface area contributed by atoms with E-state index in [0.717, 1.165) is 10.8 Å². The van der Waals surface area contributed by atoms with Crippen LogP contribution in [0.1, 0.15) is 22.4 Å². The van der Waals surface area contributed by atoms with E-state index >= 15 is 0 Å². The number of ether oxygens (including phenoxy) is 1. The summed E-state index contributed by atoms with van der Waals surface area (Å²) in [5, 5.41) is 31.4. The Morgan fingerprint density at radius 2 is 1.87 bits per heavy atom. The highest BCUT2D eigenvalue weighted by Crippen LogP contribution is 2.32. The number of nitrogen functional groups attached to an aromatic ring is 1. The first kappa shape index (κ1) is 19.5. The van der Waals surface area contributed by atoms with Crippen LogP contribution >= 0.6 is 0 Å². The van der Waals surface area contributed by atoms with Gasteiger partial charge in [0.2, 0.25) is 11.6 Å². The first-order chi connectivity index (χ1) is 15.0. The lowest BCUT2D eigenvalue weighted by Crippen LogP contribution is -2.33. The van der Waals surface area contributed by atoms with Crippen LogP contribution in [-0.4, -0.2) is 65.5 Å². The molecule has 2 aromatic heterocycles. The van der Waals surface area contributed by atoms with Crippen LogP contribution in [0.3, 0.4) is 0 Å². The number of aliphatic hydroxyl groups excluding tert-OH is 3. The Balaban J connectivity index is 1.61. The highest BCUT2D eigenvalue weighted by Gasteiger charge is 2.44. The van der Waals surface area contributed by atoms with Crippen LogP contribution in [0.5, 0.6) is 0 Å².